The Morgan fingerprint density at radius 3 is 2.09 bits per heavy atom. The lowest BCUT2D eigenvalue weighted by Crippen LogP contribution is -2.44. The summed E-state index contributed by atoms with van der Waals surface area (Å²) in [6.45, 7) is 11.9. The number of carbonyl (C=O) groups excluding carboxylic acids is 1. The van der Waals surface area contributed by atoms with Crippen molar-refractivity contribution in [3.05, 3.63) is 0 Å². The molecule has 0 aromatic heterocycles. The topological polar surface area (TPSA) is 56.7 Å². The normalized spacial score (nSPS) is 12.9. The monoisotopic (exact) mass is 426 g/mol. The Labute approximate surface area is 153 Å². The van der Waals surface area contributed by atoms with Crippen molar-refractivity contribution in [3.63, 3.8) is 0 Å². The SMILES string of the molecule is CC(C)CCC(C)NC(=NCC(=O)N(C)C)NCC(C)C.I. The maximum Gasteiger partial charge on any atom is 0.243 e. The smallest absolute Gasteiger partial charge is 0.243 e. The van der Waals surface area contributed by atoms with Crippen molar-refractivity contribution in [1.29, 1.82) is 0 Å². The summed E-state index contributed by atoms with van der Waals surface area (Å²) >= 11 is 0. The van der Waals surface area contributed by atoms with Crippen LogP contribution in [0.1, 0.15) is 47.5 Å². The second-order valence-corrected chi connectivity index (χ2v) is 6.74. The maximum absolute atomic E-state index is 11.6. The molecule has 1 atom stereocenters. The number of halogens is 1. The van der Waals surface area contributed by atoms with E-state index in [0.29, 0.717) is 17.9 Å². The van der Waals surface area contributed by atoms with E-state index in [1.165, 1.54) is 6.42 Å². The van der Waals surface area contributed by atoms with Gasteiger partial charge in [-0.15, -0.1) is 24.0 Å². The van der Waals surface area contributed by atoms with E-state index < -0.39 is 0 Å². The van der Waals surface area contributed by atoms with Gasteiger partial charge in [-0.05, 0) is 31.6 Å². The third-order valence-corrected chi connectivity index (χ3v) is 3.11. The molecular formula is C16H35IN4O. The van der Waals surface area contributed by atoms with Crippen molar-refractivity contribution in [2.24, 2.45) is 16.8 Å². The van der Waals surface area contributed by atoms with E-state index in [0.717, 1.165) is 18.9 Å². The molecule has 1 unspecified atom stereocenters. The second kappa shape index (κ2) is 13.0. The van der Waals surface area contributed by atoms with Crippen LogP contribution < -0.4 is 10.6 Å². The molecule has 0 fully saturated rings. The number of amides is 1. The first-order chi connectivity index (χ1) is 9.72. The van der Waals surface area contributed by atoms with Gasteiger partial charge >= 0.3 is 0 Å². The molecule has 2 N–H and O–H groups in total. The van der Waals surface area contributed by atoms with Gasteiger partial charge in [0.25, 0.3) is 0 Å². The molecule has 0 radical (unpaired) electrons. The van der Waals surface area contributed by atoms with Gasteiger partial charge in [-0.2, -0.15) is 0 Å². The zero-order valence-corrected chi connectivity index (χ0v) is 17.6. The highest BCUT2D eigenvalue weighted by Gasteiger charge is 2.09. The molecule has 0 aliphatic rings. The van der Waals surface area contributed by atoms with Crippen molar-refractivity contribution in [3.8, 4) is 0 Å². The van der Waals surface area contributed by atoms with E-state index in [1.54, 1.807) is 19.0 Å². The molecule has 132 valence electrons. The first-order valence-corrected chi connectivity index (χ1v) is 7.97. The van der Waals surface area contributed by atoms with Crippen LogP contribution >= 0.6 is 24.0 Å². The van der Waals surface area contributed by atoms with Crippen LogP contribution in [0.4, 0.5) is 0 Å². The summed E-state index contributed by atoms with van der Waals surface area (Å²) < 4.78 is 0. The molecule has 0 spiro atoms. The number of hydrogen-bond donors (Lipinski definition) is 2. The van der Waals surface area contributed by atoms with E-state index in [-0.39, 0.29) is 36.4 Å². The molecule has 0 rings (SSSR count). The van der Waals surface area contributed by atoms with Gasteiger partial charge in [-0.3, -0.25) is 4.79 Å². The summed E-state index contributed by atoms with van der Waals surface area (Å²) in [7, 11) is 3.50. The summed E-state index contributed by atoms with van der Waals surface area (Å²) in [5.74, 6) is 1.98. The summed E-state index contributed by atoms with van der Waals surface area (Å²) in [6.07, 6.45) is 2.28. The molecule has 0 bridgehead atoms. The fraction of sp³-hybridized carbons (Fsp3) is 0.875. The number of carbonyl (C=O) groups is 1. The Kier molecular flexibility index (Phi) is 14.0. The van der Waals surface area contributed by atoms with E-state index in [1.807, 2.05) is 0 Å². The fourth-order valence-corrected chi connectivity index (χ4v) is 1.63. The predicted molar refractivity (Wildman–Crippen MR) is 106 cm³/mol. The van der Waals surface area contributed by atoms with Crippen molar-refractivity contribution in [2.45, 2.75) is 53.5 Å². The Balaban J connectivity index is 0. The molecule has 0 aliphatic heterocycles. The third-order valence-electron chi connectivity index (χ3n) is 3.11. The van der Waals surface area contributed by atoms with Crippen LogP contribution in [0.15, 0.2) is 4.99 Å². The van der Waals surface area contributed by atoms with Crippen LogP contribution in [0.3, 0.4) is 0 Å². The van der Waals surface area contributed by atoms with Crippen LogP contribution in [-0.4, -0.2) is 50.0 Å². The average molecular weight is 426 g/mol. The standard InChI is InChI=1S/C16H34N4O.HI/c1-12(2)8-9-14(5)19-16(17-10-13(3)4)18-11-15(21)20(6)7;/h12-14H,8-11H2,1-7H3,(H2,17,18,19);1H. The Hall–Kier alpha value is -0.530. The van der Waals surface area contributed by atoms with Gasteiger partial charge in [-0.1, -0.05) is 27.7 Å². The number of nitrogens with one attached hydrogen (secondary N) is 2. The zero-order chi connectivity index (χ0) is 16.4. The highest BCUT2D eigenvalue weighted by atomic mass is 127. The van der Waals surface area contributed by atoms with Gasteiger partial charge in [0.05, 0.1) is 0 Å². The quantitative estimate of drug-likeness (QED) is 0.357. The van der Waals surface area contributed by atoms with Crippen LogP contribution in [-0.2, 0) is 4.79 Å². The van der Waals surface area contributed by atoms with Gasteiger partial charge in [0.15, 0.2) is 5.96 Å². The van der Waals surface area contributed by atoms with Crippen molar-refractivity contribution < 1.29 is 4.79 Å². The molecule has 0 saturated heterocycles. The molecule has 0 heterocycles. The molecule has 1 amide bonds. The molecule has 5 nitrogen and oxygen atoms in total. The van der Waals surface area contributed by atoms with E-state index in [4.69, 9.17) is 0 Å². The zero-order valence-electron chi connectivity index (χ0n) is 15.3. The molecule has 0 aliphatic carbocycles. The van der Waals surface area contributed by atoms with E-state index in [9.17, 15) is 4.79 Å². The molecule has 0 saturated carbocycles. The highest BCUT2D eigenvalue weighted by molar-refractivity contribution is 14.0. The molecule has 0 aromatic carbocycles. The molecule has 22 heavy (non-hydrogen) atoms. The number of likely N-dealkylation sites (N-methyl/N-ethyl adjacent to an activating group) is 1. The molecular weight excluding hydrogens is 391 g/mol. The van der Waals surface area contributed by atoms with Gasteiger partial charge < -0.3 is 15.5 Å². The predicted octanol–water partition coefficient (Wildman–Crippen LogP) is 2.71. The largest absolute Gasteiger partial charge is 0.356 e. The number of hydrogen-bond acceptors (Lipinski definition) is 2. The van der Waals surface area contributed by atoms with Crippen LogP contribution in [0.2, 0.25) is 0 Å². The number of aliphatic imine (C=N–C) groups is 1. The van der Waals surface area contributed by atoms with Gasteiger partial charge in [-0.25, -0.2) is 4.99 Å². The summed E-state index contributed by atoms with van der Waals surface area (Å²) in [5.41, 5.74) is 0. The van der Waals surface area contributed by atoms with Gasteiger partial charge in [0, 0.05) is 26.7 Å². The van der Waals surface area contributed by atoms with Crippen molar-refractivity contribution >= 4 is 35.8 Å². The van der Waals surface area contributed by atoms with Crippen LogP contribution in [0.5, 0.6) is 0 Å². The number of rotatable bonds is 8. The van der Waals surface area contributed by atoms with Crippen LogP contribution in [0.25, 0.3) is 0 Å². The van der Waals surface area contributed by atoms with Crippen molar-refractivity contribution in [1.82, 2.24) is 15.5 Å². The summed E-state index contributed by atoms with van der Waals surface area (Å²) in [5, 5.41) is 6.69. The molecule has 0 aromatic rings. The van der Waals surface area contributed by atoms with Crippen LogP contribution in [0, 0.1) is 11.8 Å². The first kappa shape index (κ1) is 23.7. The third kappa shape index (κ3) is 13.2. The second-order valence-electron chi connectivity index (χ2n) is 6.74. The summed E-state index contributed by atoms with van der Waals surface area (Å²) in [6, 6.07) is 0.347. The first-order valence-electron chi connectivity index (χ1n) is 7.97. The summed E-state index contributed by atoms with van der Waals surface area (Å²) in [4.78, 5) is 17.6. The van der Waals surface area contributed by atoms with Gasteiger partial charge in [0.2, 0.25) is 5.91 Å². The minimum atomic E-state index is 0. The Morgan fingerprint density at radius 1 is 1.05 bits per heavy atom. The number of nitrogens with zero attached hydrogens (tertiary/aromatic N) is 2. The lowest BCUT2D eigenvalue weighted by atomic mass is 10.0. The Morgan fingerprint density at radius 2 is 1.64 bits per heavy atom. The number of guanidine groups is 1. The van der Waals surface area contributed by atoms with E-state index in [2.05, 4.69) is 50.2 Å². The maximum atomic E-state index is 11.6. The minimum Gasteiger partial charge on any atom is -0.356 e. The average Bonchev–Trinajstić information content (AvgIpc) is 2.38. The molecule has 6 heteroatoms. The van der Waals surface area contributed by atoms with Gasteiger partial charge in [0.1, 0.15) is 6.54 Å². The van der Waals surface area contributed by atoms with Crippen molar-refractivity contribution in [2.75, 3.05) is 27.2 Å². The lowest BCUT2D eigenvalue weighted by molar-refractivity contribution is -0.127. The highest BCUT2D eigenvalue weighted by Crippen LogP contribution is 2.06. The Bertz CT molecular complexity index is 330. The van der Waals surface area contributed by atoms with E-state index >= 15 is 0 Å². The fourth-order valence-electron chi connectivity index (χ4n) is 1.63. The minimum absolute atomic E-state index is 0. The lowest BCUT2D eigenvalue weighted by Gasteiger charge is -2.20.